The van der Waals surface area contributed by atoms with E-state index >= 15 is 0 Å². The Bertz CT molecular complexity index is 1630. The number of ketones is 1. The maximum atomic E-state index is 14.2. The van der Waals surface area contributed by atoms with E-state index in [1.807, 2.05) is 52.8 Å². The van der Waals surface area contributed by atoms with Crippen molar-refractivity contribution in [3.8, 4) is 5.75 Å². The summed E-state index contributed by atoms with van der Waals surface area (Å²) in [6, 6.07) is 2.89. The number of likely N-dealkylation sites (N-methyl/N-ethyl adjacent to an activating group) is 1. The summed E-state index contributed by atoms with van der Waals surface area (Å²) in [4.78, 5) is 57.1. The van der Waals surface area contributed by atoms with Crippen molar-refractivity contribution in [2.45, 2.75) is 120 Å². The minimum Gasteiger partial charge on any atom is -0.495 e. The van der Waals surface area contributed by atoms with E-state index in [0.29, 0.717) is 24.3 Å². The number of allylic oxidation sites excluding steroid dienone is 3. The number of nitrogens with one attached hydrogen (secondary N) is 1. The number of alkyl carbamates (subject to hydrolysis) is 1. The Hall–Kier alpha value is -3.10. The number of Topliss-reactive ketones (excluding diaryl/α,β-unsaturated/α-hetero) is 1. The smallest absolute Gasteiger partial charge is 0.409 e. The van der Waals surface area contributed by atoms with E-state index < -0.39 is 53.6 Å². The van der Waals surface area contributed by atoms with E-state index in [0.717, 1.165) is 11.1 Å². The summed E-state index contributed by atoms with van der Waals surface area (Å²) in [6.45, 7) is 11.2. The van der Waals surface area contributed by atoms with Gasteiger partial charge in [-0.3, -0.25) is 19.7 Å². The Morgan fingerprint density at radius 1 is 1.26 bits per heavy atom. The van der Waals surface area contributed by atoms with E-state index in [2.05, 4.69) is 17.9 Å². The Labute approximate surface area is 324 Å². The van der Waals surface area contributed by atoms with E-state index in [-0.39, 0.29) is 53.1 Å². The van der Waals surface area contributed by atoms with Crippen molar-refractivity contribution in [2.24, 2.45) is 11.8 Å². The molecule has 0 spiro atoms. The molecule has 3 amide bonds. The molecular weight excluding hydrogens is 722 g/mol. The molecule has 4 rings (SSSR count). The van der Waals surface area contributed by atoms with Gasteiger partial charge in [0.1, 0.15) is 23.0 Å². The topological polar surface area (TPSA) is 147 Å². The van der Waals surface area contributed by atoms with Crippen LogP contribution in [0.15, 0.2) is 35.9 Å². The van der Waals surface area contributed by atoms with Crippen LogP contribution in [0.4, 0.5) is 10.5 Å². The fraction of sp³-hybridized carbons (Fsp3) is 0.641. The van der Waals surface area contributed by atoms with Gasteiger partial charge in [0.15, 0.2) is 11.5 Å². The zero-order chi connectivity index (χ0) is 39.6. The number of methoxy groups -OCH3 is 2. The molecule has 12 nitrogen and oxygen atoms in total. The van der Waals surface area contributed by atoms with Crippen molar-refractivity contribution in [3.63, 3.8) is 0 Å². The van der Waals surface area contributed by atoms with Crippen LogP contribution in [0.5, 0.6) is 5.75 Å². The van der Waals surface area contributed by atoms with Gasteiger partial charge in [-0.05, 0) is 51.3 Å². The molecule has 3 aliphatic heterocycles. The third-order valence-electron chi connectivity index (χ3n) is 11.0. The number of benzene rings is 1. The third kappa shape index (κ3) is 9.96. The summed E-state index contributed by atoms with van der Waals surface area (Å²) < 4.78 is 23.0. The van der Waals surface area contributed by atoms with Crippen LogP contribution in [-0.2, 0) is 35.0 Å². The summed E-state index contributed by atoms with van der Waals surface area (Å²) in [5.74, 6) is -1.40. The predicted octanol–water partition coefficient (Wildman–Crippen LogP) is 5.67. The van der Waals surface area contributed by atoms with Crippen LogP contribution < -0.4 is 15.0 Å². The maximum absolute atomic E-state index is 14.2. The number of carbonyl (C=O) groups is 4. The molecule has 0 saturated carbocycles. The molecule has 0 aliphatic carbocycles. The molecule has 2 fully saturated rings. The standard InChI is InChI=1S/C39H56ClN3O9S/c1-22-12-11-13-31(50-10)39(48)21-30(51-36(47)41-39)23(2)35-38(6,52-35)26(19-28(44)24(3)42(7)32(45)14-15-37(4,5)53)20-33(46)43(8)27-17-25(16-22)18-29(49-9)34(27)40/h11-13,17-18,23-24,26,30-31,35,48,53H,14-16,19-21H2,1-10H3,(H,41,47)/b13-11+,22-12+/t23-,24+,26+,30+,31-,35+,38+,39+/m1/s1. The first-order chi connectivity index (χ1) is 24.6. The van der Waals surface area contributed by atoms with Crippen LogP contribution in [0.25, 0.3) is 0 Å². The molecular formula is C39H56ClN3O9S. The highest BCUT2D eigenvalue weighted by Crippen LogP contribution is 2.52. The zero-order valence-electron chi connectivity index (χ0n) is 32.5. The van der Waals surface area contributed by atoms with Gasteiger partial charge in [0.25, 0.3) is 0 Å². The van der Waals surface area contributed by atoms with Crippen LogP contribution in [0.1, 0.15) is 79.2 Å². The molecule has 2 N–H and O–H groups in total. The van der Waals surface area contributed by atoms with Gasteiger partial charge in [-0.2, -0.15) is 12.6 Å². The number of aliphatic hydroxyl groups is 1. The lowest BCUT2D eigenvalue weighted by Gasteiger charge is -2.42. The molecule has 2 saturated heterocycles. The number of carbonyl (C=O) groups excluding carboxylic acids is 4. The number of nitrogens with zero attached hydrogens (tertiary/aromatic N) is 2. The highest BCUT2D eigenvalue weighted by Gasteiger charge is 2.63. The van der Waals surface area contributed by atoms with E-state index in [4.69, 9.17) is 30.5 Å². The lowest BCUT2D eigenvalue weighted by molar-refractivity contribution is -0.142. The average molecular weight is 778 g/mol. The molecule has 1 aromatic rings. The van der Waals surface area contributed by atoms with Crippen molar-refractivity contribution in [1.82, 2.24) is 10.2 Å². The number of hydrogen-bond acceptors (Lipinski definition) is 10. The molecule has 0 unspecified atom stereocenters. The second-order valence-electron chi connectivity index (χ2n) is 15.7. The molecule has 0 aromatic heterocycles. The number of amides is 3. The highest BCUT2D eigenvalue weighted by molar-refractivity contribution is 7.81. The molecule has 8 atom stereocenters. The first-order valence-corrected chi connectivity index (χ1v) is 18.9. The van der Waals surface area contributed by atoms with Gasteiger partial charge in [0.2, 0.25) is 11.8 Å². The lowest BCUT2D eigenvalue weighted by atomic mass is 9.77. The number of thiol groups is 1. The highest BCUT2D eigenvalue weighted by atomic mass is 35.5. The average Bonchev–Trinajstić information content (AvgIpc) is 3.78. The first kappa shape index (κ1) is 42.6. The minimum absolute atomic E-state index is 0.0101. The summed E-state index contributed by atoms with van der Waals surface area (Å²) in [5.41, 5.74) is -0.556. The normalized spacial score (nSPS) is 31.6. The van der Waals surface area contributed by atoms with E-state index in [1.54, 1.807) is 33.2 Å². The van der Waals surface area contributed by atoms with E-state index in [9.17, 15) is 24.3 Å². The zero-order valence-corrected chi connectivity index (χ0v) is 34.2. The van der Waals surface area contributed by atoms with Crippen molar-refractivity contribution in [2.75, 3.05) is 33.2 Å². The SMILES string of the molecule is COc1cc2cc(c1Cl)N(C)C(=O)C[C@H](CC(=O)[C@H](C)N(C)C(=O)CCC(C)(C)S)[C@]1(C)O[C@H]1[C@H](C)[C@@H]1C[C@@](O)(NC(=O)O1)[C@H](OC)/C=C/C=C(\C)C2. The Morgan fingerprint density at radius 3 is 2.57 bits per heavy atom. The number of anilines is 1. The Morgan fingerprint density at radius 2 is 1.94 bits per heavy atom. The van der Waals surface area contributed by atoms with Crippen molar-refractivity contribution >= 4 is 53.6 Å². The van der Waals surface area contributed by atoms with Gasteiger partial charge >= 0.3 is 6.09 Å². The number of fused-ring (bicyclic) bond motifs is 5. The molecule has 4 bridgehead atoms. The summed E-state index contributed by atoms with van der Waals surface area (Å²) in [6.07, 6.45) is 3.36. The number of ether oxygens (including phenoxy) is 4. The Balaban J connectivity index is 1.74. The van der Waals surface area contributed by atoms with Gasteiger partial charge in [-0.1, -0.05) is 56.2 Å². The van der Waals surface area contributed by atoms with E-state index in [1.165, 1.54) is 24.0 Å². The number of hydrogen-bond donors (Lipinski definition) is 3. The molecule has 14 heteroatoms. The first-order valence-electron chi connectivity index (χ1n) is 18.0. The van der Waals surface area contributed by atoms with Crippen LogP contribution in [0, 0.1) is 11.8 Å². The number of rotatable bonds is 9. The van der Waals surface area contributed by atoms with Crippen molar-refractivity contribution in [3.05, 3.63) is 46.5 Å². The predicted molar refractivity (Wildman–Crippen MR) is 206 cm³/mol. The third-order valence-corrected chi connectivity index (χ3v) is 11.6. The van der Waals surface area contributed by atoms with Gasteiger partial charge in [0, 0.05) is 63.5 Å². The molecule has 3 heterocycles. The van der Waals surface area contributed by atoms with Crippen LogP contribution in [-0.4, -0.2) is 102 Å². The second-order valence-corrected chi connectivity index (χ2v) is 17.2. The fourth-order valence-electron chi connectivity index (χ4n) is 7.28. The monoisotopic (exact) mass is 777 g/mol. The second kappa shape index (κ2) is 16.7. The summed E-state index contributed by atoms with van der Waals surface area (Å²) >= 11 is 11.3. The van der Waals surface area contributed by atoms with Gasteiger partial charge in [-0.15, -0.1) is 0 Å². The van der Waals surface area contributed by atoms with Crippen molar-refractivity contribution < 1.29 is 43.2 Å². The van der Waals surface area contributed by atoms with Crippen LogP contribution in [0.2, 0.25) is 5.02 Å². The number of halogens is 1. The van der Waals surface area contributed by atoms with Gasteiger partial charge in [0.05, 0.1) is 30.5 Å². The summed E-state index contributed by atoms with van der Waals surface area (Å²) in [5, 5.41) is 14.6. The molecule has 294 valence electrons. The molecule has 53 heavy (non-hydrogen) atoms. The fourth-order valence-corrected chi connectivity index (χ4v) is 7.70. The van der Waals surface area contributed by atoms with Gasteiger partial charge in [-0.25, -0.2) is 4.79 Å². The van der Waals surface area contributed by atoms with Crippen molar-refractivity contribution in [1.29, 1.82) is 0 Å². The van der Waals surface area contributed by atoms with Crippen LogP contribution >= 0.6 is 24.2 Å². The largest absolute Gasteiger partial charge is 0.495 e. The Kier molecular flexibility index (Phi) is 13.5. The summed E-state index contributed by atoms with van der Waals surface area (Å²) in [7, 11) is 6.20. The van der Waals surface area contributed by atoms with Crippen LogP contribution in [0.3, 0.4) is 0 Å². The maximum Gasteiger partial charge on any atom is 0.409 e. The molecule has 0 radical (unpaired) electrons. The molecule has 3 aliphatic rings. The van der Waals surface area contributed by atoms with Gasteiger partial charge < -0.3 is 33.9 Å². The molecule has 1 aromatic carbocycles. The minimum atomic E-state index is -1.79. The lowest BCUT2D eigenvalue weighted by Crippen LogP contribution is -2.63. The quantitative estimate of drug-likeness (QED) is 0.213. The number of epoxide rings is 1.